The minimum Gasteiger partial charge on any atom is -0.339 e. The molecule has 0 aromatic heterocycles. The number of halogens is 1. The van der Waals surface area contributed by atoms with Crippen molar-refractivity contribution in [3.63, 3.8) is 0 Å². The van der Waals surface area contributed by atoms with Crippen LogP contribution >= 0.6 is 11.8 Å². The number of carbonyl (C=O) groups is 1. The lowest BCUT2D eigenvalue weighted by Crippen LogP contribution is -2.51. The van der Waals surface area contributed by atoms with Crippen LogP contribution in [0.4, 0.5) is 4.39 Å². The molecule has 0 radical (unpaired) electrons. The van der Waals surface area contributed by atoms with E-state index >= 15 is 0 Å². The maximum absolute atomic E-state index is 13.8. The summed E-state index contributed by atoms with van der Waals surface area (Å²) in [6.07, 6.45) is 0. The zero-order valence-corrected chi connectivity index (χ0v) is 15.8. The quantitative estimate of drug-likeness (QED) is 0.811. The van der Waals surface area contributed by atoms with Gasteiger partial charge in [0, 0.05) is 30.9 Å². The number of nitrogens with zero attached hydrogens (tertiary/aromatic N) is 2. The number of carbonyl (C=O) groups excluding carboxylic acids is 1. The molecule has 1 saturated heterocycles. The second kappa shape index (κ2) is 7.41. The van der Waals surface area contributed by atoms with Crippen LogP contribution in [0.15, 0.2) is 29.2 Å². The van der Waals surface area contributed by atoms with E-state index in [2.05, 4.69) is 0 Å². The molecule has 0 unspecified atom stereocenters. The normalized spacial score (nSPS) is 17.1. The first-order chi connectivity index (χ1) is 11.1. The number of rotatable bonds is 4. The number of hydrogen-bond acceptors (Lipinski definition) is 4. The monoisotopic (exact) mass is 374 g/mol. The highest BCUT2D eigenvalue weighted by Crippen LogP contribution is 2.24. The highest BCUT2D eigenvalue weighted by atomic mass is 32.2. The predicted octanol–water partition coefficient (Wildman–Crippen LogP) is 2.19. The molecule has 2 rings (SSSR count). The molecule has 0 saturated carbocycles. The summed E-state index contributed by atoms with van der Waals surface area (Å²) >= 11 is 1.57. The van der Waals surface area contributed by atoms with Gasteiger partial charge in [0.05, 0.1) is 5.75 Å². The molecule has 1 aromatic rings. The number of hydrogen-bond donors (Lipinski definition) is 0. The molecular weight excluding hydrogens is 351 g/mol. The molecule has 0 aliphatic carbocycles. The fourth-order valence-electron chi connectivity index (χ4n) is 2.34. The zero-order chi connectivity index (χ0) is 18.0. The molecule has 0 N–H and O–H groups in total. The van der Waals surface area contributed by atoms with Crippen LogP contribution in [-0.4, -0.2) is 60.2 Å². The first kappa shape index (κ1) is 19.2. The number of benzene rings is 1. The summed E-state index contributed by atoms with van der Waals surface area (Å²) in [6.45, 7) is 7.16. The minimum absolute atomic E-state index is 0.00561. The summed E-state index contributed by atoms with van der Waals surface area (Å²) in [5.41, 5.74) is 0. The molecule has 1 aliphatic heterocycles. The summed E-state index contributed by atoms with van der Waals surface area (Å²) in [5.74, 6) is -0.362. The van der Waals surface area contributed by atoms with Crippen molar-refractivity contribution in [2.45, 2.75) is 30.4 Å². The lowest BCUT2D eigenvalue weighted by atomic mass is 10.3. The Hall–Kier alpha value is -1.12. The Labute approximate surface area is 147 Å². The third-order valence-corrected chi connectivity index (χ3v) is 6.86. The van der Waals surface area contributed by atoms with Gasteiger partial charge in [-0.05, 0) is 12.1 Å². The first-order valence-corrected chi connectivity index (χ1v) is 10.2. The van der Waals surface area contributed by atoms with Crippen LogP contribution in [0.5, 0.6) is 0 Å². The lowest BCUT2D eigenvalue weighted by molar-refractivity contribution is -0.129. The van der Waals surface area contributed by atoms with Gasteiger partial charge in [-0.15, -0.1) is 11.8 Å². The minimum atomic E-state index is -3.86. The molecule has 8 heteroatoms. The first-order valence-electron chi connectivity index (χ1n) is 7.78. The fourth-order valence-corrected chi connectivity index (χ4v) is 4.57. The highest BCUT2D eigenvalue weighted by molar-refractivity contribution is 8.01. The molecular formula is C16H23FN2O3S2. The molecule has 5 nitrogen and oxygen atoms in total. The Kier molecular flexibility index (Phi) is 5.93. The summed E-state index contributed by atoms with van der Waals surface area (Å²) in [5, 5.41) is 0. The third kappa shape index (κ3) is 4.70. The molecule has 1 aromatic carbocycles. The van der Waals surface area contributed by atoms with E-state index in [4.69, 9.17) is 0 Å². The molecule has 134 valence electrons. The average molecular weight is 375 g/mol. The molecule has 0 spiro atoms. The van der Waals surface area contributed by atoms with Gasteiger partial charge in [-0.25, -0.2) is 12.8 Å². The van der Waals surface area contributed by atoms with Crippen molar-refractivity contribution in [1.29, 1.82) is 0 Å². The Morgan fingerprint density at radius 1 is 1.17 bits per heavy atom. The maximum Gasteiger partial charge on any atom is 0.246 e. The van der Waals surface area contributed by atoms with Gasteiger partial charge in [-0.2, -0.15) is 4.31 Å². The number of piperazine rings is 1. The van der Waals surface area contributed by atoms with Crippen molar-refractivity contribution in [1.82, 2.24) is 9.21 Å². The molecule has 24 heavy (non-hydrogen) atoms. The number of sulfonamides is 1. The fraction of sp³-hybridized carbons (Fsp3) is 0.562. The molecule has 0 bridgehead atoms. The van der Waals surface area contributed by atoms with E-state index < -0.39 is 15.8 Å². The Morgan fingerprint density at radius 2 is 1.75 bits per heavy atom. The Morgan fingerprint density at radius 3 is 2.29 bits per heavy atom. The second-order valence-electron chi connectivity index (χ2n) is 6.62. The van der Waals surface area contributed by atoms with Crippen molar-refractivity contribution < 1.29 is 17.6 Å². The van der Waals surface area contributed by atoms with Crippen LogP contribution in [-0.2, 0) is 14.8 Å². The average Bonchev–Trinajstić information content (AvgIpc) is 2.52. The van der Waals surface area contributed by atoms with E-state index in [9.17, 15) is 17.6 Å². The van der Waals surface area contributed by atoms with Crippen LogP contribution in [0, 0.1) is 5.82 Å². The summed E-state index contributed by atoms with van der Waals surface area (Å²) < 4.78 is 40.1. The predicted molar refractivity (Wildman–Crippen MR) is 93.9 cm³/mol. The Bertz CT molecular complexity index is 694. The van der Waals surface area contributed by atoms with Gasteiger partial charge in [0.25, 0.3) is 0 Å². The molecule has 1 fully saturated rings. The van der Waals surface area contributed by atoms with Crippen LogP contribution in [0.25, 0.3) is 0 Å². The van der Waals surface area contributed by atoms with Gasteiger partial charge in [0.1, 0.15) is 10.7 Å². The molecule has 1 heterocycles. The van der Waals surface area contributed by atoms with E-state index in [1.807, 2.05) is 20.8 Å². The van der Waals surface area contributed by atoms with Gasteiger partial charge < -0.3 is 4.90 Å². The summed E-state index contributed by atoms with van der Waals surface area (Å²) in [7, 11) is -3.86. The van der Waals surface area contributed by atoms with E-state index in [-0.39, 0.29) is 28.6 Å². The zero-order valence-electron chi connectivity index (χ0n) is 14.2. The smallest absolute Gasteiger partial charge is 0.246 e. The highest BCUT2D eigenvalue weighted by Gasteiger charge is 2.31. The molecule has 1 amide bonds. The van der Waals surface area contributed by atoms with E-state index in [0.717, 1.165) is 6.07 Å². The van der Waals surface area contributed by atoms with Crippen molar-refractivity contribution in [3.05, 3.63) is 30.1 Å². The van der Waals surface area contributed by atoms with Crippen LogP contribution in [0.2, 0.25) is 0 Å². The SMILES string of the molecule is CC(C)(C)SCC(=O)N1CCN(S(=O)(=O)c2ccccc2F)CC1. The largest absolute Gasteiger partial charge is 0.339 e. The lowest BCUT2D eigenvalue weighted by Gasteiger charge is -2.34. The van der Waals surface area contributed by atoms with Crippen LogP contribution < -0.4 is 0 Å². The van der Waals surface area contributed by atoms with Gasteiger partial charge in [-0.1, -0.05) is 32.9 Å². The third-order valence-electron chi connectivity index (χ3n) is 3.67. The van der Waals surface area contributed by atoms with Gasteiger partial charge >= 0.3 is 0 Å². The topological polar surface area (TPSA) is 57.7 Å². The maximum atomic E-state index is 13.8. The van der Waals surface area contributed by atoms with Crippen molar-refractivity contribution in [3.8, 4) is 0 Å². The van der Waals surface area contributed by atoms with Crippen molar-refractivity contribution >= 4 is 27.7 Å². The van der Waals surface area contributed by atoms with Crippen LogP contribution in [0.1, 0.15) is 20.8 Å². The molecule has 0 atom stereocenters. The second-order valence-corrected chi connectivity index (χ2v) is 10.3. The van der Waals surface area contributed by atoms with Crippen LogP contribution in [0.3, 0.4) is 0 Å². The van der Waals surface area contributed by atoms with E-state index in [1.165, 1.54) is 22.5 Å². The Balaban J connectivity index is 1.97. The van der Waals surface area contributed by atoms with Crippen molar-refractivity contribution in [2.24, 2.45) is 0 Å². The van der Waals surface area contributed by atoms with Crippen molar-refractivity contribution in [2.75, 3.05) is 31.9 Å². The van der Waals surface area contributed by atoms with E-state index in [1.54, 1.807) is 16.7 Å². The number of amides is 1. The number of thioether (sulfide) groups is 1. The standard InChI is InChI=1S/C16H23FN2O3S2/c1-16(2,3)23-12-15(20)18-8-10-19(11-9-18)24(21,22)14-7-5-4-6-13(14)17/h4-7H,8-12H2,1-3H3. The summed E-state index contributed by atoms with van der Waals surface area (Å²) in [6, 6.07) is 5.36. The van der Waals surface area contributed by atoms with Gasteiger partial charge in [0.2, 0.25) is 15.9 Å². The van der Waals surface area contributed by atoms with E-state index in [0.29, 0.717) is 18.8 Å². The molecule has 1 aliphatic rings. The van der Waals surface area contributed by atoms with Gasteiger partial charge in [-0.3, -0.25) is 4.79 Å². The summed E-state index contributed by atoms with van der Waals surface area (Å²) in [4.78, 5) is 13.6. The van der Waals surface area contributed by atoms with Gasteiger partial charge in [0.15, 0.2) is 0 Å².